The molecule has 0 aliphatic heterocycles. The maximum Gasteiger partial charge on any atom is 0.137 e. The Bertz CT molecular complexity index is 323. The lowest BCUT2D eigenvalue weighted by Crippen LogP contribution is -2.28. The molecule has 1 rings (SSSR count). The summed E-state index contributed by atoms with van der Waals surface area (Å²) in [5, 5.41) is 12.2. The van der Waals surface area contributed by atoms with E-state index in [0.29, 0.717) is 12.2 Å². The second-order valence-electron chi connectivity index (χ2n) is 3.36. The lowest BCUT2D eigenvalue weighted by atomic mass is 10.0. The normalized spacial score (nSPS) is 12.4. The highest BCUT2D eigenvalue weighted by Gasteiger charge is 2.06. The molecule has 1 aromatic rings. The van der Waals surface area contributed by atoms with E-state index in [0.717, 1.165) is 17.4 Å². The molecule has 0 amide bonds. The minimum absolute atomic E-state index is 0.154. The van der Waals surface area contributed by atoms with Crippen molar-refractivity contribution in [3.8, 4) is 5.75 Å². The zero-order valence-corrected chi connectivity index (χ0v) is 8.45. The van der Waals surface area contributed by atoms with Gasteiger partial charge < -0.3 is 15.2 Å². The molecule has 2 N–H and O–H groups in total. The SMILES string of the molecule is CNC(C=O)Cc1ccc(O)c(C)c1. The van der Waals surface area contributed by atoms with Crippen LogP contribution in [0.1, 0.15) is 11.1 Å². The largest absolute Gasteiger partial charge is 0.508 e. The number of hydrogen-bond donors (Lipinski definition) is 2. The smallest absolute Gasteiger partial charge is 0.137 e. The first kappa shape index (κ1) is 10.7. The van der Waals surface area contributed by atoms with Crippen LogP contribution in [0, 0.1) is 6.92 Å². The number of carbonyl (C=O) groups is 1. The summed E-state index contributed by atoms with van der Waals surface area (Å²) in [6, 6.07) is 5.22. The van der Waals surface area contributed by atoms with E-state index in [-0.39, 0.29) is 6.04 Å². The van der Waals surface area contributed by atoms with Gasteiger partial charge in [0.15, 0.2) is 0 Å². The van der Waals surface area contributed by atoms with Gasteiger partial charge in [0.2, 0.25) is 0 Å². The van der Waals surface area contributed by atoms with E-state index in [1.54, 1.807) is 13.1 Å². The standard InChI is InChI=1S/C11H15NO2/c1-8-5-9(3-4-11(8)14)6-10(7-13)12-2/h3-5,7,10,12,14H,6H2,1-2H3. The average molecular weight is 193 g/mol. The quantitative estimate of drug-likeness (QED) is 0.702. The molecule has 1 aromatic carbocycles. The second-order valence-corrected chi connectivity index (χ2v) is 3.36. The van der Waals surface area contributed by atoms with Crippen LogP contribution in [0.4, 0.5) is 0 Å². The zero-order valence-electron chi connectivity index (χ0n) is 8.45. The predicted molar refractivity (Wildman–Crippen MR) is 55.5 cm³/mol. The first-order valence-electron chi connectivity index (χ1n) is 4.58. The fourth-order valence-corrected chi connectivity index (χ4v) is 1.32. The van der Waals surface area contributed by atoms with E-state index in [9.17, 15) is 9.90 Å². The molecule has 3 nitrogen and oxygen atoms in total. The van der Waals surface area contributed by atoms with Crippen LogP contribution in [0.3, 0.4) is 0 Å². The molecule has 0 radical (unpaired) electrons. The highest BCUT2D eigenvalue weighted by Crippen LogP contribution is 2.17. The highest BCUT2D eigenvalue weighted by atomic mass is 16.3. The molecule has 0 saturated carbocycles. The van der Waals surface area contributed by atoms with Crippen molar-refractivity contribution in [2.45, 2.75) is 19.4 Å². The van der Waals surface area contributed by atoms with E-state index in [2.05, 4.69) is 5.32 Å². The summed E-state index contributed by atoms with van der Waals surface area (Å²) in [5.41, 5.74) is 1.88. The fraction of sp³-hybridized carbons (Fsp3) is 0.364. The van der Waals surface area contributed by atoms with Crippen molar-refractivity contribution in [1.29, 1.82) is 0 Å². The summed E-state index contributed by atoms with van der Waals surface area (Å²) in [7, 11) is 1.76. The lowest BCUT2D eigenvalue weighted by molar-refractivity contribution is -0.109. The maximum absolute atomic E-state index is 10.6. The third-order valence-corrected chi connectivity index (χ3v) is 2.25. The molecule has 3 heteroatoms. The number of phenolic OH excluding ortho intramolecular Hbond substituents is 1. The van der Waals surface area contributed by atoms with Crippen LogP contribution >= 0.6 is 0 Å². The molecular formula is C11H15NO2. The predicted octanol–water partition coefficient (Wildman–Crippen LogP) is 1.03. The van der Waals surface area contributed by atoms with E-state index < -0.39 is 0 Å². The van der Waals surface area contributed by atoms with Crippen molar-refractivity contribution in [3.05, 3.63) is 29.3 Å². The van der Waals surface area contributed by atoms with Gasteiger partial charge >= 0.3 is 0 Å². The van der Waals surface area contributed by atoms with E-state index in [4.69, 9.17) is 0 Å². The van der Waals surface area contributed by atoms with Gasteiger partial charge in [-0.1, -0.05) is 12.1 Å². The molecule has 0 spiro atoms. The Morgan fingerprint density at radius 2 is 2.29 bits per heavy atom. The number of likely N-dealkylation sites (N-methyl/N-ethyl adjacent to an activating group) is 1. The van der Waals surface area contributed by atoms with Crippen molar-refractivity contribution < 1.29 is 9.90 Å². The molecule has 76 valence electrons. The van der Waals surface area contributed by atoms with Gasteiger partial charge in [0.1, 0.15) is 12.0 Å². The number of rotatable bonds is 4. The molecule has 1 unspecified atom stereocenters. The van der Waals surface area contributed by atoms with E-state index in [1.807, 2.05) is 19.1 Å². The van der Waals surface area contributed by atoms with E-state index >= 15 is 0 Å². The van der Waals surface area contributed by atoms with Gasteiger partial charge in [0.05, 0.1) is 6.04 Å². The van der Waals surface area contributed by atoms with Gasteiger partial charge in [-0.2, -0.15) is 0 Å². The number of hydrogen-bond acceptors (Lipinski definition) is 3. The zero-order chi connectivity index (χ0) is 10.6. The minimum atomic E-state index is -0.154. The molecule has 1 atom stereocenters. The Balaban J connectivity index is 2.76. The first-order valence-corrected chi connectivity index (χ1v) is 4.58. The van der Waals surface area contributed by atoms with Gasteiger partial charge in [-0.25, -0.2) is 0 Å². The van der Waals surface area contributed by atoms with Crippen molar-refractivity contribution >= 4 is 6.29 Å². The lowest BCUT2D eigenvalue weighted by Gasteiger charge is -2.09. The number of phenols is 1. The molecule has 14 heavy (non-hydrogen) atoms. The van der Waals surface area contributed by atoms with Crippen LogP contribution in [0.2, 0.25) is 0 Å². The Hall–Kier alpha value is -1.35. The third-order valence-electron chi connectivity index (χ3n) is 2.25. The van der Waals surface area contributed by atoms with Crippen molar-refractivity contribution in [3.63, 3.8) is 0 Å². The number of aromatic hydroxyl groups is 1. The van der Waals surface area contributed by atoms with Crippen LogP contribution in [-0.2, 0) is 11.2 Å². The Morgan fingerprint density at radius 1 is 1.57 bits per heavy atom. The second kappa shape index (κ2) is 4.77. The Morgan fingerprint density at radius 3 is 2.79 bits per heavy atom. The van der Waals surface area contributed by atoms with Crippen molar-refractivity contribution in [2.75, 3.05) is 7.05 Å². The monoisotopic (exact) mass is 193 g/mol. The summed E-state index contributed by atoms with van der Waals surface area (Å²) in [6.07, 6.45) is 1.54. The molecule has 0 bridgehead atoms. The summed E-state index contributed by atoms with van der Waals surface area (Å²) < 4.78 is 0. The van der Waals surface area contributed by atoms with Gasteiger partial charge in [0, 0.05) is 0 Å². The van der Waals surface area contributed by atoms with Crippen molar-refractivity contribution in [2.24, 2.45) is 0 Å². The third kappa shape index (κ3) is 2.57. The summed E-state index contributed by atoms with van der Waals surface area (Å²) >= 11 is 0. The van der Waals surface area contributed by atoms with Crippen LogP contribution < -0.4 is 5.32 Å². The average Bonchev–Trinajstić information content (AvgIpc) is 2.19. The molecule has 0 fully saturated rings. The van der Waals surface area contributed by atoms with Crippen LogP contribution in [0.15, 0.2) is 18.2 Å². The molecule has 0 aliphatic rings. The Labute approximate surface area is 83.8 Å². The molecule has 0 saturated heterocycles. The van der Waals surface area contributed by atoms with Crippen LogP contribution in [0.5, 0.6) is 5.75 Å². The summed E-state index contributed by atoms with van der Waals surface area (Å²) in [4.78, 5) is 10.6. The number of benzene rings is 1. The highest BCUT2D eigenvalue weighted by molar-refractivity contribution is 5.58. The number of aryl methyl sites for hydroxylation is 1. The number of nitrogens with one attached hydrogen (secondary N) is 1. The molecule has 0 aliphatic carbocycles. The van der Waals surface area contributed by atoms with Crippen LogP contribution in [0.25, 0.3) is 0 Å². The first-order chi connectivity index (χ1) is 6.67. The maximum atomic E-state index is 10.6. The summed E-state index contributed by atoms with van der Waals surface area (Å²) in [5.74, 6) is 0.292. The minimum Gasteiger partial charge on any atom is -0.508 e. The molecular weight excluding hydrogens is 178 g/mol. The van der Waals surface area contributed by atoms with Crippen molar-refractivity contribution in [1.82, 2.24) is 5.32 Å². The topological polar surface area (TPSA) is 49.3 Å². The number of carbonyl (C=O) groups excluding carboxylic acids is 1. The van der Waals surface area contributed by atoms with E-state index in [1.165, 1.54) is 0 Å². The molecule has 0 aromatic heterocycles. The summed E-state index contributed by atoms with van der Waals surface area (Å²) in [6.45, 7) is 1.84. The van der Waals surface area contributed by atoms with Crippen LogP contribution in [-0.4, -0.2) is 24.5 Å². The van der Waals surface area contributed by atoms with Gasteiger partial charge in [0.25, 0.3) is 0 Å². The fourth-order valence-electron chi connectivity index (χ4n) is 1.32. The van der Waals surface area contributed by atoms with Gasteiger partial charge in [-0.05, 0) is 37.6 Å². The Kier molecular flexibility index (Phi) is 3.65. The van der Waals surface area contributed by atoms with Gasteiger partial charge in [-0.15, -0.1) is 0 Å². The molecule has 0 heterocycles. The number of aldehydes is 1. The van der Waals surface area contributed by atoms with Gasteiger partial charge in [-0.3, -0.25) is 0 Å².